The third-order valence-corrected chi connectivity index (χ3v) is 12.1. The zero-order chi connectivity index (χ0) is 36.3. The Labute approximate surface area is 322 Å². The Hall–Kier alpha value is -6.94. The molecular weight excluding hydrogens is 687 g/mol. The molecule has 0 aliphatic carbocycles. The maximum atomic E-state index is 6.58. The molecule has 0 saturated carbocycles. The Balaban J connectivity index is 1.12. The Morgan fingerprint density at radius 2 is 1.07 bits per heavy atom. The second-order valence-electron chi connectivity index (χ2n) is 14.1. The second-order valence-corrected chi connectivity index (χ2v) is 15.1. The molecule has 2 aromatic heterocycles. The van der Waals surface area contributed by atoms with Crippen LogP contribution in [0.15, 0.2) is 205 Å². The van der Waals surface area contributed by atoms with Crippen LogP contribution >= 0.6 is 11.3 Å². The van der Waals surface area contributed by atoms with Gasteiger partial charge in [-0.1, -0.05) is 152 Å². The largest absolute Gasteiger partial charge is 0.455 e. The van der Waals surface area contributed by atoms with Crippen LogP contribution in [0.4, 0.5) is 17.1 Å². The van der Waals surface area contributed by atoms with Gasteiger partial charge in [0.15, 0.2) is 0 Å². The highest BCUT2D eigenvalue weighted by atomic mass is 32.1. The van der Waals surface area contributed by atoms with Crippen molar-refractivity contribution >= 4 is 81.3 Å². The molecule has 0 saturated heterocycles. The molecule has 0 aliphatic rings. The van der Waals surface area contributed by atoms with E-state index in [0.29, 0.717) is 0 Å². The fraction of sp³-hybridized carbons (Fsp3) is 0. The molecule has 0 fully saturated rings. The number of fused-ring (bicyclic) bond motifs is 7. The van der Waals surface area contributed by atoms with E-state index in [1.54, 1.807) is 0 Å². The topological polar surface area (TPSA) is 16.4 Å². The highest BCUT2D eigenvalue weighted by molar-refractivity contribution is 7.26. The summed E-state index contributed by atoms with van der Waals surface area (Å²) in [5.74, 6) is 0. The van der Waals surface area contributed by atoms with Crippen LogP contribution in [0.3, 0.4) is 0 Å². The highest BCUT2D eigenvalue weighted by Crippen LogP contribution is 2.47. The van der Waals surface area contributed by atoms with Crippen molar-refractivity contribution in [1.29, 1.82) is 0 Å². The first kappa shape index (κ1) is 31.6. The lowest BCUT2D eigenvalue weighted by Gasteiger charge is -2.27. The average molecular weight is 720 g/mol. The second kappa shape index (κ2) is 12.9. The molecular formula is C52H33NOS. The maximum absolute atomic E-state index is 6.58. The van der Waals surface area contributed by atoms with Crippen molar-refractivity contribution in [3.63, 3.8) is 0 Å². The molecule has 11 rings (SSSR count). The van der Waals surface area contributed by atoms with E-state index in [0.717, 1.165) is 61.3 Å². The third kappa shape index (κ3) is 5.32. The molecule has 0 N–H and O–H groups in total. The molecule has 0 unspecified atom stereocenters. The molecule has 0 radical (unpaired) electrons. The number of para-hydroxylation sites is 2. The molecule has 9 aromatic carbocycles. The van der Waals surface area contributed by atoms with Crippen molar-refractivity contribution in [1.82, 2.24) is 0 Å². The van der Waals surface area contributed by atoms with Crippen LogP contribution in [0, 0.1) is 0 Å². The van der Waals surface area contributed by atoms with Crippen LogP contribution in [0.2, 0.25) is 0 Å². The number of anilines is 3. The zero-order valence-electron chi connectivity index (χ0n) is 29.8. The summed E-state index contributed by atoms with van der Waals surface area (Å²) in [7, 11) is 0. The molecule has 0 bridgehead atoms. The van der Waals surface area contributed by atoms with Gasteiger partial charge in [0.2, 0.25) is 0 Å². The van der Waals surface area contributed by atoms with E-state index in [9.17, 15) is 0 Å². The van der Waals surface area contributed by atoms with Crippen LogP contribution in [0.5, 0.6) is 0 Å². The van der Waals surface area contributed by atoms with Crippen molar-refractivity contribution in [2.75, 3.05) is 4.90 Å². The highest BCUT2D eigenvalue weighted by Gasteiger charge is 2.21. The van der Waals surface area contributed by atoms with E-state index in [4.69, 9.17) is 4.42 Å². The van der Waals surface area contributed by atoms with Gasteiger partial charge in [0.25, 0.3) is 0 Å². The Morgan fingerprint density at radius 3 is 1.96 bits per heavy atom. The van der Waals surface area contributed by atoms with E-state index in [1.165, 1.54) is 42.1 Å². The number of thiophene rings is 1. The minimum atomic E-state index is 0.901. The average Bonchev–Trinajstić information content (AvgIpc) is 3.84. The summed E-state index contributed by atoms with van der Waals surface area (Å²) in [4.78, 5) is 2.43. The monoisotopic (exact) mass is 719 g/mol. The summed E-state index contributed by atoms with van der Waals surface area (Å²) in [5.41, 5.74) is 12.1. The van der Waals surface area contributed by atoms with Gasteiger partial charge in [-0.25, -0.2) is 0 Å². The Kier molecular flexibility index (Phi) is 7.39. The van der Waals surface area contributed by atoms with Gasteiger partial charge in [0.05, 0.1) is 10.4 Å². The van der Waals surface area contributed by atoms with Crippen molar-refractivity contribution in [3.05, 3.63) is 200 Å². The van der Waals surface area contributed by atoms with Crippen LogP contribution in [0.1, 0.15) is 0 Å². The lowest BCUT2D eigenvalue weighted by atomic mass is 9.92. The SMILES string of the molecule is c1ccc(-c2cc(N(c3ccc(-c4ccc5ccccc5c4)cc3)c3cccc4c3sc3ccccc34)ccc2-c2cccc3c2oc2ccccc23)cc1. The standard InChI is InChI=1S/C52H33NOS/c1-2-13-36(14-3-1)47-33-40(30-31-41(47)44-18-10-19-45-42-16-6-8-22-49(42)54-51(44)45)53(48-21-11-20-46-43-17-7-9-23-50(43)55-52(46)48)39-28-26-35(27-29-39)38-25-24-34-12-4-5-15-37(34)32-38/h1-33H. The number of nitrogens with zero attached hydrogens (tertiary/aromatic N) is 1. The molecule has 2 heterocycles. The lowest BCUT2D eigenvalue weighted by molar-refractivity contribution is 0.670. The first-order valence-corrected chi connectivity index (χ1v) is 19.5. The fourth-order valence-corrected chi connectivity index (χ4v) is 9.44. The van der Waals surface area contributed by atoms with Gasteiger partial charge in [-0.05, 0) is 87.1 Å². The zero-order valence-corrected chi connectivity index (χ0v) is 30.6. The van der Waals surface area contributed by atoms with Gasteiger partial charge in [-0.2, -0.15) is 0 Å². The molecule has 3 heteroatoms. The van der Waals surface area contributed by atoms with Crippen LogP contribution in [-0.4, -0.2) is 0 Å². The smallest absolute Gasteiger partial charge is 0.143 e. The van der Waals surface area contributed by atoms with Gasteiger partial charge in [-0.15, -0.1) is 11.3 Å². The number of furan rings is 1. The number of hydrogen-bond donors (Lipinski definition) is 0. The van der Waals surface area contributed by atoms with Crippen LogP contribution in [0.25, 0.3) is 86.3 Å². The number of hydrogen-bond acceptors (Lipinski definition) is 3. The predicted octanol–water partition coefficient (Wildman–Crippen LogP) is 15.6. The van der Waals surface area contributed by atoms with Gasteiger partial charge in [0.1, 0.15) is 11.2 Å². The van der Waals surface area contributed by atoms with Crippen molar-refractivity contribution in [3.8, 4) is 33.4 Å². The van der Waals surface area contributed by atoms with E-state index >= 15 is 0 Å². The summed E-state index contributed by atoms with van der Waals surface area (Å²) < 4.78 is 9.14. The number of rotatable bonds is 6. The third-order valence-electron chi connectivity index (χ3n) is 10.9. The maximum Gasteiger partial charge on any atom is 0.143 e. The van der Waals surface area contributed by atoms with Gasteiger partial charge < -0.3 is 9.32 Å². The summed E-state index contributed by atoms with van der Waals surface area (Å²) in [6.07, 6.45) is 0. The molecule has 0 spiro atoms. The molecule has 258 valence electrons. The normalized spacial score (nSPS) is 11.6. The minimum absolute atomic E-state index is 0.901. The molecule has 0 atom stereocenters. The van der Waals surface area contributed by atoms with Gasteiger partial charge in [-0.3, -0.25) is 0 Å². The quantitative estimate of drug-likeness (QED) is 0.170. The minimum Gasteiger partial charge on any atom is -0.455 e. The molecule has 55 heavy (non-hydrogen) atoms. The molecule has 11 aromatic rings. The molecule has 2 nitrogen and oxygen atoms in total. The lowest BCUT2D eigenvalue weighted by Crippen LogP contribution is -2.10. The summed E-state index contributed by atoms with van der Waals surface area (Å²) >= 11 is 1.86. The summed E-state index contributed by atoms with van der Waals surface area (Å²) in [6, 6.07) is 72.2. The van der Waals surface area contributed by atoms with Crippen molar-refractivity contribution < 1.29 is 4.42 Å². The Bertz CT molecular complexity index is 3210. The van der Waals surface area contributed by atoms with Gasteiger partial charge >= 0.3 is 0 Å². The first-order valence-electron chi connectivity index (χ1n) is 18.7. The molecule has 0 amide bonds. The van der Waals surface area contributed by atoms with Crippen LogP contribution < -0.4 is 4.90 Å². The van der Waals surface area contributed by atoms with Crippen LogP contribution in [-0.2, 0) is 0 Å². The van der Waals surface area contributed by atoms with Gasteiger partial charge in [0, 0.05) is 43.2 Å². The fourth-order valence-electron chi connectivity index (χ4n) is 8.23. The molecule has 0 aliphatic heterocycles. The first-order chi connectivity index (χ1) is 27.3. The van der Waals surface area contributed by atoms with Crippen molar-refractivity contribution in [2.24, 2.45) is 0 Å². The predicted molar refractivity (Wildman–Crippen MR) is 235 cm³/mol. The van der Waals surface area contributed by atoms with Crippen molar-refractivity contribution in [2.45, 2.75) is 0 Å². The van der Waals surface area contributed by atoms with E-state index < -0.39 is 0 Å². The summed E-state index contributed by atoms with van der Waals surface area (Å²) in [5, 5.41) is 7.31. The summed E-state index contributed by atoms with van der Waals surface area (Å²) in [6.45, 7) is 0. The Morgan fingerprint density at radius 1 is 0.382 bits per heavy atom. The number of benzene rings is 9. The van der Waals surface area contributed by atoms with E-state index in [-0.39, 0.29) is 0 Å². The van der Waals surface area contributed by atoms with E-state index in [1.807, 2.05) is 17.4 Å². The van der Waals surface area contributed by atoms with E-state index in [2.05, 4.69) is 199 Å².